The topological polar surface area (TPSA) is 61.1 Å². The van der Waals surface area contributed by atoms with Gasteiger partial charge in [-0.3, -0.25) is 4.90 Å². The Hall–Kier alpha value is -3.48. The van der Waals surface area contributed by atoms with E-state index in [1.54, 1.807) is 14.2 Å². The number of benzene rings is 3. The first-order valence-corrected chi connectivity index (χ1v) is 10.9. The zero-order chi connectivity index (χ0) is 22.9. The van der Waals surface area contributed by atoms with Crippen LogP contribution in [-0.2, 0) is 13.1 Å². The van der Waals surface area contributed by atoms with Gasteiger partial charge in [0.05, 0.1) is 24.8 Å². The Kier molecular flexibility index (Phi) is 5.70. The van der Waals surface area contributed by atoms with Crippen LogP contribution in [0.25, 0.3) is 22.1 Å². The van der Waals surface area contributed by atoms with Crippen molar-refractivity contribution in [3.05, 3.63) is 87.2 Å². The van der Waals surface area contributed by atoms with E-state index in [1.807, 2.05) is 54.6 Å². The van der Waals surface area contributed by atoms with Gasteiger partial charge in [-0.05, 0) is 34.9 Å². The summed E-state index contributed by atoms with van der Waals surface area (Å²) >= 11 is 6.61. The third-order valence-corrected chi connectivity index (χ3v) is 6.03. The van der Waals surface area contributed by atoms with Crippen molar-refractivity contribution in [2.45, 2.75) is 13.1 Å². The Balaban J connectivity index is 1.55. The lowest BCUT2D eigenvalue weighted by Crippen LogP contribution is -2.32. The molecule has 1 aliphatic rings. The number of fused-ring (bicyclic) bond motifs is 3. The van der Waals surface area contributed by atoms with Gasteiger partial charge in [-0.15, -0.1) is 0 Å². The SMILES string of the molecule is COc1ccc(CN2COc3c(Cl)cc4c(-c5ccccc5)cc(=O)oc4c3C2)cc1OC. The van der Waals surface area contributed by atoms with Crippen molar-refractivity contribution in [1.29, 1.82) is 0 Å². The molecule has 0 unspecified atom stereocenters. The Morgan fingerprint density at radius 2 is 1.79 bits per heavy atom. The predicted octanol–water partition coefficient (Wildman–Crippen LogP) is 5.48. The lowest BCUT2D eigenvalue weighted by molar-refractivity contribution is 0.0890. The summed E-state index contributed by atoms with van der Waals surface area (Å²) in [6.07, 6.45) is 0. The maximum Gasteiger partial charge on any atom is 0.336 e. The number of hydrogen-bond acceptors (Lipinski definition) is 6. The van der Waals surface area contributed by atoms with E-state index in [2.05, 4.69) is 4.90 Å². The van der Waals surface area contributed by atoms with Gasteiger partial charge in [-0.25, -0.2) is 4.79 Å². The second-order valence-electron chi connectivity index (χ2n) is 7.84. The quantitative estimate of drug-likeness (QED) is 0.365. The van der Waals surface area contributed by atoms with Crippen molar-refractivity contribution in [2.75, 3.05) is 21.0 Å². The molecule has 1 aromatic heterocycles. The van der Waals surface area contributed by atoms with Gasteiger partial charge in [0, 0.05) is 24.5 Å². The van der Waals surface area contributed by atoms with E-state index in [0.29, 0.717) is 47.7 Å². The average Bonchev–Trinajstić information content (AvgIpc) is 2.84. The molecule has 0 N–H and O–H groups in total. The lowest BCUT2D eigenvalue weighted by Gasteiger charge is -2.30. The van der Waals surface area contributed by atoms with Gasteiger partial charge in [-0.1, -0.05) is 48.0 Å². The molecule has 0 radical (unpaired) electrons. The zero-order valence-electron chi connectivity index (χ0n) is 18.3. The van der Waals surface area contributed by atoms with Crippen molar-refractivity contribution >= 4 is 22.6 Å². The monoisotopic (exact) mass is 463 g/mol. The van der Waals surface area contributed by atoms with Gasteiger partial charge in [0.2, 0.25) is 0 Å². The maximum atomic E-state index is 12.5. The molecule has 7 heteroatoms. The van der Waals surface area contributed by atoms with Crippen LogP contribution in [0.1, 0.15) is 11.1 Å². The molecule has 0 saturated heterocycles. The molecule has 0 aliphatic carbocycles. The Morgan fingerprint density at radius 3 is 2.55 bits per heavy atom. The molecule has 0 amide bonds. The van der Waals surface area contributed by atoms with E-state index >= 15 is 0 Å². The number of ether oxygens (including phenoxy) is 3. The van der Waals surface area contributed by atoms with E-state index < -0.39 is 5.63 Å². The van der Waals surface area contributed by atoms with E-state index in [4.69, 9.17) is 30.2 Å². The van der Waals surface area contributed by atoms with Gasteiger partial charge in [0.1, 0.15) is 18.1 Å². The Labute approximate surface area is 195 Å². The fourth-order valence-electron chi connectivity index (χ4n) is 4.23. The summed E-state index contributed by atoms with van der Waals surface area (Å²) in [5, 5.41) is 1.27. The highest BCUT2D eigenvalue weighted by atomic mass is 35.5. The minimum Gasteiger partial charge on any atom is -0.493 e. The third-order valence-electron chi connectivity index (χ3n) is 5.75. The standard InChI is InChI=1S/C26H22ClNO5/c1-30-22-9-8-16(10-23(22)31-2)13-28-14-20-25-19(11-21(27)26(20)32-15-28)18(12-24(29)33-25)17-6-4-3-5-7-17/h3-12H,13-15H2,1-2H3. The van der Waals surface area contributed by atoms with Crippen LogP contribution in [0.5, 0.6) is 17.2 Å². The summed E-state index contributed by atoms with van der Waals surface area (Å²) in [6, 6.07) is 18.8. The lowest BCUT2D eigenvalue weighted by atomic mass is 9.99. The van der Waals surface area contributed by atoms with Crippen molar-refractivity contribution in [1.82, 2.24) is 4.90 Å². The van der Waals surface area contributed by atoms with Crippen molar-refractivity contribution in [3.63, 3.8) is 0 Å². The maximum absolute atomic E-state index is 12.5. The molecule has 2 heterocycles. The van der Waals surface area contributed by atoms with Gasteiger partial charge >= 0.3 is 5.63 Å². The third kappa shape index (κ3) is 4.03. The summed E-state index contributed by atoms with van der Waals surface area (Å²) < 4.78 is 22.4. The number of hydrogen-bond donors (Lipinski definition) is 0. The van der Waals surface area contributed by atoms with E-state index in [-0.39, 0.29) is 0 Å². The molecule has 0 saturated carbocycles. The van der Waals surface area contributed by atoms with Crippen molar-refractivity contribution in [3.8, 4) is 28.4 Å². The molecule has 0 bridgehead atoms. The van der Waals surface area contributed by atoms with Crippen LogP contribution in [-0.4, -0.2) is 25.9 Å². The van der Waals surface area contributed by atoms with E-state index in [9.17, 15) is 4.79 Å². The highest BCUT2D eigenvalue weighted by Crippen LogP contribution is 2.41. The van der Waals surface area contributed by atoms with Crippen LogP contribution >= 0.6 is 11.6 Å². The first-order valence-electron chi connectivity index (χ1n) is 10.5. The number of methoxy groups -OCH3 is 2. The highest BCUT2D eigenvalue weighted by Gasteiger charge is 2.26. The average molecular weight is 464 g/mol. The normalized spacial score (nSPS) is 13.4. The molecule has 5 rings (SSSR count). The molecular weight excluding hydrogens is 442 g/mol. The van der Waals surface area contributed by atoms with Crippen molar-refractivity contribution in [2.24, 2.45) is 0 Å². The molecule has 4 aromatic rings. The molecule has 0 fully saturated rings. The second kappa shape index (κ2) is 8.81. The van der Waals surface area contributed by atoms with Gasteiger partial charge in [0.25, 0.3) is 0 Å². The summed E-state index contributed by atoms with van der Waals surface area (Å²) in [5.74, 6) is 1.90. The summed E-state index contributed by atoms with van der Waals surface area (Å²) in [5.41, 5.74) is 3.59. The molecule has 33 heavy (non-hydrogen) atoms. The summed E-state index contributed by atoms with van der Waals surface area (Å²) in [7, 11) is 3.22. The number of nitrogens with zero attached hydrogens (tertiary/aromatic N) is 1. The Morgan fingerprint density at radius 1 is 1.00 bits per heavy atom. The first-order chi connectivity index (χ1) is 16.1. The number of halogens is 1. The summed E-state index contributed by atoms with van der Waals surface area (Å²) in [6.45, 7) is 1.48. The molecule has 1 aliphatic heterocycles. The minimum atomic E-state index is -0.414. The van der Waals surface area contributed by atoms with E-state index in [0.717, 1.165) is 27.6 Å². The van der Waals surface area contributed by atoms with Gasteiger partial charge in [0.15, 0.2) is 11.5 Å². The molecule has 0 atom stereocenters. The Bertz CT molecular complexity index is 1380. The minimum absolute atomic E-state index is 0.356. The molecule has 6 nitrogen and oxygen atoms in total. The molecule has 3 aromatic carbocycles. The zero-order valence-corrected chi connectivity index (χ0v) is 19.0. The fraction of sp³-hybridized carbons (Fsp3) is 0.192. The molecular formula is C26H22ClNO5. The number of rotatable bonds is 5. The largest absolute Gasteiger partial charge is 0.493 e. The van der Waals surface area contributed by atoms with Gasteiger partial charge in [-0.2, -0.15) is 0 Å². The van der Waals surface area contributed by atoms with Crippen LogP contribution in [0.2, 0.25) is 5.02 Å². The second-order valence-corrected chi connectivity index (χ2v) is 8.24. The van der Waals surface area contributed by atoms with E-state index in [1.165, 1.54) is 6.07 Å². The summed E-state index contributed by atoms with van der Waals surface area (Å²) in [4.78, 5) is 14.6. The predicted molar refractivity (Wildman–Crippen MR) is 127 cm³/mol. The fourth-order valence-corrected chi connectivity index (χ4v) is 4.51. The van der Waals surface area contributed by atoms with Crippen LogP contribution < -0.4 is 19.8 Å². The smallest absolute Gasteiger partial charge is 0.336 e. The van der Waals surface area contributed by atoms with Crippen LogP contribution in [0.3, 0.4) is 0 Å². The van der Waals surface area contributed by atoms with Gasteiger partial charge < -0.3 is 18.6 Å². The highest BCUT2D eigenvalue weighted by molar-refractivity contribution is 6.33. The first kappa shape index (κ1) is 21.4. The molecule has 168 valence electrons. The van der Waals surface area contributed by atoms with Crippen molar-refractivity contribution < 1.29 is 18.6 Å². The van der Waals surface area contributed by atoms with Crippen LogP contribution in [0, 0.1) is 0 Å². The van der Waals surface area contributed by atoms with Crippen LogP contribution in [0.15, 0.2) is 69.9 Å². The van der Waals surface area contributed by atoms with Crippen LogP contribution in [0.4, 0.5) is 0 Å². The molecule has 0 spiro atoms.